The first kappa shape index (κ1) is 14.0. The Morgan fingerprint density at radius 3 is 2.74 bits per heavy atom. The highest BCUT2D eigenvalue weighted by molar-refractivity contribution is 7.05. The van der Waals surface area contributed by atoms with Crippen molar-refractivity contribution in [3.05, 3.63) is 45.7 Å². The number of hydrazine groups is 1. The van der Waals surface area contributed by atoms with Crippen molar-refractivity contribution in [3.63, 3.8) is 0 Å². The molecule has 0 amide bonds. The van der Waals surface area contributed by atoms with Crippen molar-refractivity contribution in [3.8, 4) is 0 Å². The van der Waals surface area contributed by atoms with Crippen LogP contribution >= 0.6 is 11.5 Å². The van der Waals surface area contributed by atoms with Crippen molar-refractivity contribution in [1.29, 1.82) is 0 Å². The Bertz CT molecular complexity index is 568. The lowest BCUT2D eigenvalue weighted by atomic mass is 9.97. The third-order valence-corrected chi connectivity index (χ3v) is 3.87. The first-order valence-electron chi connectivity index (χ1n) is 6.09. The quantitative estimate of drug-likeness (QED) is 0.667. The average Bonchev–Trinajstić information content (AvgIpc) is 2.84. The topological polar surface area (TPSA) is 63.8 Å². The lowest BCUT2D eigenvalue weighted by molar-refractivity contribution is 0.601. The summed E-state index contributed by atoms with van der Waals surface area (Å²) in [5.41, 5.74) is 5.44. The van der Waals surface area contributed by atoms with E-state index in [4.69, 9.17) is 5.84 Å². The van der Waals surface area contributed by atoms with Crippen LogP contribution in [0.2, 0.25) is 0 Å². The molecule has 19 heavy (non-hydrogen) atoms. The van der Waals surface area contributed by atoms with Crippen LogP contribution in [-0.2, 0) is 0 Å². The summed E-state index contributed by atoms with van der Waals surface area (Å²) in [7, 11) is 0. The maximum Gasteiger partial charge on any atom is 0.123 e. The summed E-state index contributed by atoms with van der Waals surface area (Å²) in [6.07, 6.45) is 0. The van der Waals surface area contributed by atoms with E-state index in [9.17, 15) is 4.39 Å². The van der Waals surface area contributed by atoms with Gasteiger partial charge in [0.1, 0.15) is 5.82 Å². The van der Waals surface area contributed by atoms with Crippen LogP contribution in [0, 0.1) is 12.7 Å². The molecule has 0 aliphatic heterocycles. The second-order valence-electron chi connectivity index (χ2n) is 4.78. The number of halogens is 1. The van der Waals surface area contributed by atoms with E-state index in [-0.39, 0.29) is 17.8 Å². The second kappa shape index (κ2) is 5.73. The number of nitrogens with zero attached hydrogens (tertiary/aromatic N) is 2. The SMILES string of the molecule is Cc1ccc(F)cc1C(NN)c1snnc1C(C)C. The zero-order valence-corrected chi connectivity index (χ0v) is 12.0. The molecule has 0 spiro atoms. The Kier molecular flexibility index (Phi) is 4.24. The molecule has 0 saturated heterocycles. The molecule has 0 bridgehead atoms. The van der Waals surface area contributed by atoms with Gasteiger partial charge in [-0.25, -0.2) is 9.82 Å². The monoisotopic (exact) mass is 280 g/mol. The summed E-state index contributed by atoms with van der Waals surface area (Å²) in [6.45, 7) is 6.03. The van der Waals surface area contributed by atoms with Crippen molar-refractivity contribution in [2.24, 2.45) is 5.84 Å². The third kappa shape index (κ3) is 2.80. The molecule has 2 aromatic rings. The van der Waals surface area contributed by atoms with Gasteiger partial charge in [0.25, 0.3) is 0 Å². The average molecular weight is 280 g/mol. The molecule has 4 nitrogen and oxygen atoms in total. The van der Waals surface area contributed by atoms with Crippen LogP contribution in [0.3, 0.4) is 0 Å². The summed E-state index contributed by atoms with van der Waals surface area (Å²) in [5, 5.41) is 4.14. The summed E-state index contributed by atoms with van der Waals surface area (Å²) < 4.78 is 17.4. The van der Waals surface area contributed by atoms with E-state index in [1.165, 1.54) is 23.7 Å². The molecule has 1 atom stereocenters. The van der Waals surface area contributed by atoms with Crippen LogP contribution in [0.1, 0.15) is 47.5 Å². The highest BCUT2D eigenvalue weighted by Crippen LogP contribution is 2.32. The Morgan fingerprint density at radius 1 is 1.37 bits per heavy atom. The fourth-order valence-electron chi connectivity index (χ4n) is 2.03. The van der Waals surface area contributed by atoms with Crippen LogP contribution in [0.5, 0.6) is 0 Å². The molecule has 6 heteroatoms. The van der Waals surface area contributed by atoms with Gasteiger partial charge in [0.15, 0.2) is 0 Å². The Labute approximate surface area is 116 Å². The van der Waals surface area contributed by atoms with Crippen LogP contribution < -0.4 is 11.3 Å². The Balaban J connectivity index is 2.50. The first-order valence-corrected chi connectivity index (χ1v) is 6.86. The van der Waals surface area contributed by atoms with Crippen LogP contribution in [0.4, 0.5) is 4.39 Å². The summed E-state index contributed by atoms with van der Waals surface area (Å²) in [5.74, 6) is 5.64. The molecule has 1 aromatic carbocycles. The van der Waals surface area contributed by atoms with E-state index < -0.39 is 0 Å². The standard InChI is InChI=1S/C13H17FN4S/c1-7(2)11-13(19-18-17-11)12(16-15)10-6-9(14)5-4-8(10)3/h4-7,12,16H,15H2,1-3H3. The molecule has 1 aromatic heterocycles. The molecule has 1 unspecified atom stereocenters. The van der Waals surface area contributed by atoms with Gasteiger partial charge in [-0.2, -0.15) is 0 Å². The number of rotatable bonds is 4. The number of hydrogen-bond acceptors (Lipinski definition) is 5. The molecular formula is C13H17FN4S. The predicted molar refractivity (Wildman–Crippen MR) is 74.3 cm³/mol. The predicted octanol–water partition coefficient (Wildman–Crippen LogP) is 2.66. The Hall–Kier alpha value is -1.37. The lowest BCUT2D eigenvalue weighted by Crippen LogP contribution is -2.29. The van der Waals surface area contributed by atoms with E-state index in [1.54, 1.807) is 6.07 Å². The molecular weight excluding hydrogens is 263 g/mol. The van der Waals surface area contributed by atoms with E-state index in [2.05, 4.69) is 15.0 Å². The zero-order valence-electron chi connectivity index (χ0n) is 11.1. The Morgan fingerprint density at radius 2 is 2.11 bits per heavy atom. The van der Waals surface area contributed by atoms with Gasteiger partial charge in [-0.05, 0) is 47.6 Å². The van der Waals surface area contributed by atoms with E-state index in [0.29, 0.717) is 0 Å². The molecule has 0 aliphatic rings. The van der Waals surface area contributed by atoms with Crippen molar-refractivity contribution in [1.82, 2.24) is 15.0 Å². The van der Waals surface area contributed by atoms with Gasteiger partial charge in [0.05, 0.1) is 16.6 Å². The fraction of sp³-hybridized carbons (Fsp3) is 0.385. The largest absolute Gasteiger partial charge is 0.271 e. The van der Waals surface area contributed by atoms with Crippen molar-refractivity contribution in [2.45, 2.75) is 32.7 Å². The van der Waals surface area contributed by atoms with Gasteiger partial charge in [0.2, 0.25) is 0 Å². The molecule has 1 heterocycles. The molecule has 102 valence electrons. The number of benzene rings is 1. The van der Waals surface area contributed by atoms with Gasteiger partial charge in [-0.15, -0.1) is 5.10 Å². The molecule has 0 radical (unpaired) electrons. The smallest absolute Gasteiger partial charge is 0.123 e. The van der Waals surface area contributed by atoms with Gasteiger partial charge in [0, 0.05) is 0 Å². The molecule has 2 rings (SSSR count). The van der Waals surface area contributed by atoms with E-state index >= 15 is 0 Å². The number of hydrogen-bond donors (Lipinski definition) is 2. The number of aryl methyl sites for hydroxylation is 1. The van der Waals surface area contributed by atoms with E-state index in [1.807, 2.05) is 20.8 Å². The van der Waals surface area contributed by atoms with Crippen molar-refractivity contribution in [2.75, 3.05) is 0 Å². The number of nitrogens with one attached hydrogen (secondary N) is 1. The molecule has 0 fully saturated rings. The van der Waals surface area contributed by atoms with Gasteiger partial charge in [-0.3, -0.25) is 5.84 Å². The van der Waals surface area contributed by atoms with Gasteiger partial charge >= 0.3 is 0 Å². The summed E-state index contributed by atoms with van der Waals surface area (Å²) in [4.78, 5) is 0.936. The second-order valence-corrected chi connectivity index (χ2v) is 5.56. The van der Waals surface area contributed by atoms with Gasteiger partial charge in [-0.1, -0.05) is 24.4 Å². The summed E-state index contributed by atoms with van der Waals surface area (Å²) >= 11 is 1.29. The van der Waals surface area contributed by atoms with Crippen molar-refractivity contribution < 1.29 is 4.39 Å². The highest BCUT2D eigenvalue weighted by Gasteiger charge is 2.23. The van der Waals surface area contributed by atoms with Crippen LogP contribution in [0.15, 0.2) is 18.2 Å². The normalized spacial score (nSPS) is 12.9. The maximum atomic E-state index is 13.4. The summed E-state index contributed by atoms with van der Waals surface area (Å²) in [6, 6.07) is 4.41. The maximum absolute atomic E-state index is 13.4. The third-order valence-electron chi connectivity index (χ3n) is 3.07. The van der Waals surface area contributed by atoms with Crippen molar-refractivity contribution >= 4 is 11.5 Å². The first-order chi connectivity index (χ1) is 9.04. The fourth-order valence-corrected chi connectivity index (χ4v) is 2.92. The minimum absolute atomic E-state index is 0.249. The molecule has 3 N–H and O–H groups in total. The van der Waals surface area contributed by atoms with Gasteiger partial charge < -0.3 is 0 Å². The molecule has 0 aliphatic carbocycles. The highest BCUT2D eigenvalue weighted by atomic mass is 32.1. The molecule has 0 saturated carbocycles. The zero-order chi connectivity index (χ0) is 14.0. The minimum Gasteiger partial charge on any atom is -0.271 e. The number of nitrogens with two attached hydrogens (primary N) is 1. The van der Waals surface area contributed by atoms with Crippen LogP contribution in [0.25, 0.3) is 0 Å². The number of aromatic nitrogens is 2. The van der Waals surface area contributed by atoms with E-state index in [0.717, 1.165) is 21.7 Å². The minimum atomic E-state index is -0.284. The lowest BCUT2D eigenvalue weighted by Gasteiger charge is -2.18. The van der Waals surface area contributed by atoms with Crippen LogP contribution in [-0.4, -0.2) is 9.59 Å².